The van der Waals surface area contributed by atoms with Crippen LogP contribution in [-0.4, -0.2) is 48.8 Å². The summed E-state index contributed by atoms with van der Waals surface area (Å²) in [5.74, 6) is -0.631. The Kier molecular flexibility index (Phi) is 5.78. The van der Waals surface area contributed by atoms with Crippen LogP contribution in [-0.2, 0) is 4.79 Å². The Hall–Kier alpha value is 0.730. The summed E-state index contributed by atoms with van der Waals surface area (Å²) < 4.78 is 0. The van der Waals surface area contributed by atoms with Crippen molar-refractivity contribution in [3.05, 3.63) is 0 Å². The SMILES string of the molecule is O=C(O)C1CCCCC1.[Ca+2].[H-].[H-]. The van der Waals surface area contributed by atoms with Crippen molar-refractivity contribution < 1.29 is 12.8 Å². The van der Waals surface area contributed by atoms with Crippen LogP contribution in [0.3, 0.4) is 0 Å². The van der Waals surface area contributed by atoms with E-state index >= 15 is 0 Å². The Bertz CT molecular complexity index is 116. The Labute approximate surface area is 94.0 Å². The molecule has 0 heterocycles. The molecule has 0 spiro atoms. The van der Waals surface area contributed by atoms with E-state index in [-0.39, 0.29) is 46.5 Å². The van der Waals surface area contributed by atoms with E-state index in [0.29, 0.717) is 0 Å². The van der Waals surface area contributed by atoms with Gasteiger partial charge in [-0.15, -0.1) is 0 Å². The van der Waals surface area contributed by atoms with Gasteiger partial charge in [-0.25, -0.2) is 0 Å². The molecule has 1 fully saturated rings. The molecule has 0 unspecified atom stereocenters. The van der Waals surface area contributed by atoms with Crippen LogP contribution in [0.1, 0.15) is 35.0 Å². The second kappa shape index (κ2) is 5.39. The molecule has 56 valence electrons. The number of carboxylic acid groups (broad SMARTS) is 1. The zero-order chi connectivity index (χ0) is 6.69. The number of carboxylic acids is 1. The fraction of sp³-hybridized carbons (Fsp3) is 0.857. The molecule has 3 heteroatoms. The fourth-order valence-corrected chi connectivity index (χ4v) is 1.35. The Balaban J connectivity index is -0.000000270. The molecular weight excluding hydrogens is 156 g/mol. The van der Waals surface area contributed by atoms with Crippen LogP contribution in [0.15, 0.2) is 0 Å². The van der Waals surface area contributed by atoms with E-state index in [9.17, 15) is 4.79 Å². The number of aliphatic carboxylic acids is 1. The molecule has 0 aromatic carbocycles. The fourth-order valence-electron chi connectivity index (χ4n) is 1.35. The third kappa shape index (κ3) is 3.22. The summed E-state index contributed by atoms with van der Waals surface area (Å²) in [4.78, 5) is 10.4. The molecule has 1 aliphatic carbocycles. The predicted octanol–water partition coefficient (Wildman–Crippen LogP) is 1.50. The van der Waals surface area contributed by atoms with Crippen molar-refractivity contribution in [2.45, 2.75) is 32.1 Å². The van der Waals surface area contributed by atoms with Gasteiger partial charge < -0.3 is 7.96 Å². The van der Waals surface area contributed by atoms with Crippen LogP contribution in [0, 0.1) is 5.92 Å². The standard InChI is InChI=1S/C7H12O2.Ca.2H/c8-7(9)6-4-2-1-3-5-6;;;/h6H,1-5H2,(H,8,9);;;/q;+2;2*-1. The molecule has 0 saturated heterocycles. The molecule has 1 rings (SSSR count). The van der Waals surface area contributed by atoms with E-state index in [2.05, 4.69) is 0 Å². The first-order chi connectivity index (χ1) is 4.30. The number of carbonyl (C=O) groups is 1. The summed E-state index contributed by atoms with van der Waals surface area (Å²) in [5.41, 5.74) is 0. The minimum atomic E-state index is -0.602. The van der Waals surface area contributed by atoms with Crippen molar-refractivity contribution in [3.8, 4) is 0 Å². The van der Waals surface area contributed by atoms with E-state index in [4.69, 9.17) is 5.11 Å². The third-order valence-electron chi connectivity index (χ3n) is 1.95. The van der Waals surface area contributed by atoms with E-state index in [1.165, 1.54) is 6.42 Å². The van der Waals surface area contributed by atoms with Gasteiger partial charge in [0.25, 0.3) is 0 Å². The van der Waals surface area contributed by atoms with Crippen LogP contribution >= 0.6 is 0 Å². The van der Waals surface area contributed by atoms with Crippen LogP contribution in [0.4, 0.5) is 0 Å². The van der Waals surface area contributed by atoms with Crippen molar-refractivity contribution in [2.24, 2.45) is 5.92 Å². The average molecular weight is 170 g/mol. The van der Waals surface area contributed by atoms with Crippen molar-refractivity contribution in [1.82, 2.24) is 0 Å². The summed E-state index contributed by atoms with van der Waals surface area (Å²) in [6.45, 7) is 0. The predicted molar refractivity (Wildman–Crippen MR) is 42.2 cm³/mol. The first-order valence-corrected chi connectivity index (χ1v) is 3.53. The summed E-state index contributed by atoms with van der Waals surface area (Å²) >= 11 is 0. The molecule has 2 nitrogen and oxygen atoms in total. The van der Waals surface area contributed by atoms with E-state index in [1.807, 2.05) is 0 Å². The molecule has 0 radical (unpaired) electrons. The van der Waals surface area contributed by atoms with Crippen molar-refractivity contribution in [1.29, 1.82) is 0 Å². The minimum absolute atomic E-state index is 0. The van der Waals surface area contributed by atoms with Gasteiger partial charge in [0.2, 0.25) is 0 Å². The smallest absolute Gasteiger partial charge is 1.00 e. The van der Waals surface area contributed by atoms with Gasteiger partial charge in [-0.2, -0.15) is 0 Å². The van der Waals surface area contributed by atoms with E-state index in [0.717, 1.165) is 25.7 Å². The second-order valence-corrected chi connectivity index (χ2v) is 2.67. The zero-order valence-electron chi connectivity index (χ0n) is 8.18. The minimum Gasteiger partial charge on any atom is -1.00 e. The average Bonchev–Trinajstić information content (AvgIpc) is 1.90. The van der Waals surface area contributed by atoms with Gasteiger partial charge in [-0.05, 0) is 12.8 Å². The third-order valence-corrected chi connectivity index (χ3v) is 1.95. The van der Waals surface area contributed by atoms with E-state index < -0.39 is 5.97 Å². The molecular formula is C7H14CaO2. The number of hydrogen-bond acceptors (Lipinski definition) is 1. The zero-order valence-corrected chi connectivity index (χ0v) is 8.38. The molecule has 1 N–H and O–H groups in total. The molecule has 0 amide bonds. The van der Waals surface area contributed by atoms with Crippen LogP contribution in [0.25, 0.3) is 0 Å². The maximum absolute atomic E-state index is 10.4. The van der Waals surface area contributed by atoms with Gasteiger partial charge in [-0.3, -0.25) is 4.79 Å². The van der Waals surface area contributed by atoms with Crippen molar-refractivity contribution in [2.75, 3.05) is 0 Å². The summed E-state index contributed by atoms with van der Waals surface area (Å²) in [5, 5.41) is 8.54. The molecule has 1 aliphatic rings. The molecule has 10 heavy (non-hydrogen) atoms. The van der Waals surface area contributed by atoms with Crippen LogP contribution < -0.4 is 0 Å². The Morgan fingerprint density at radius 1 is 1.30 bits per heavy atom. The van der Waals surface area contributed by atoms with Crippen molar-refractivity contribution >= 4 is 43.7 Å². The normalized spacial score (nSPS) is 19.6. The van der Waals surface area contributed by atoms with Crippen LogP contribution in [0.2, 0.25) is 0 Å². The summed E-state index contributed by atoms with van der Waals surface area (Å²) in [6, 6.07) is 0. The van der Waals surface area contributed by atoms with Gasteiger partial charge in [0.15, 0.2) is 0 Å². The molecule has 0 bridgehead atoms. The van der Waals surface area contributed by atoms with Crippen molar-refractivity contribution in [3.63, 3.8) is 0 Å². The van der Waals surface area contributed by atoms with Crippen LogP contribution in [0.5, 0.6) is 0 Å². The summed E-state index contributed by atoms with van der Waals surface area (Å²) in [7, 11) is 0. The van der Waals surface area contributed by atoms with E-state index in [1.54, 1.807) is 0 Å². The molecule has 0 aromatic heterocycles. The quantitative estimate of drug-likeness (QED) is 0.605. The summed E-state index contributed by atoms with van der Waals surface area (Å²) in [6.07, 6.45) is 5.24. The maximum Gasteiger partial charge on any atom is 2.00 e. The number of hydrogen-bond donors (Lipinski definition) is 1. The number of rotatable bonds is 1. The largest absolute Gasteiger partial charge is 2.00 e. The van der Waals surface area contributed by atoms with Gasteiger partial charge >= 0.3 is 43.7 Å². The molecule has 1 saturated carbocycles. The first-order valence-electron chi connectivity index (χ1n) is 3.53. The van der Waals surface area contributed by atoms with Gasteiger partial charge in [0, 0.05) is 0 Å². The molecule has 0 aliphatic heterocycles. The molecule has 0 atom stereocenters. The molecule has 0 aromatic rings. The monoisotopic (exact) mass is 170 g/mol. The van der Waals surface area contributed by atoms with Gasteiger partial charge in [0.05, 0.1) is 5.92 Å². The maximum atomic E-state index is 10.4. The Morgan fingerprint density at radius 3 is 2.10 bits per heavy atom. The van der Waals surface area contributed by atoms with Gasteiger partial charge in [0.1, 0.15) is 0 Å². The Morgan fingerprint density at radius 2 is 1.80 bits per heavy atom. The van der Waals surface area contributed by atoms with Gasteiger partial charge in [-0.1, -0.05) is 19.3 Å². The first kappa shape index (κ1) is 10.7. The topological polar surface area (TPSA) is 37.3 Å². The second-order valence-electron chi connectivity index (χ2n) is 2.67.